The lowest BCUT2D eigenvalue weighted by molar-refractivity contribution is -0.128. The van der Waals surface area contributed by atoms with Crippen molar-refractivity contribution in [2.75, 3.05) is 11.9 Å². The predicted molar refractivity (Wildman–Crippen MR) is 103 cm³/mol. The molecule has 1 saturated heterocycles. The van der Waals surface area contributed by atoms with Gasteiger partial charge < -0.3 is 15.3 Å². The Kier molecular flexibility index (Phi) is 5.17. The predicted octanol–water partition coefficient (Wildman–Crippen LogP) is 3.07. The van der Waals surface area contributed by atoms with Crippen LogP contribution in [-0.2, 0) is 21.5 Å². The van der Waals surface area contributed by atoms with Crippen LogP contribution in [0.3, 0.4) is 0 Å². The number of phenols is 1. The molecule has 1 aromatic heterocycles. The maximum atomic E-state index is 12.7. The van der Waals surface area contributed by atoms with Crippen LogP contribution in [-0.4, -0.2) is 33.3 Å². The fourth-order valence-electron chi connectivity index (χ4n) is 3.13. The van der Waals surface area contributed by atoms with Gasteiger partial charge in [-0.15, -0.1) is 0 Å². The van der Waals surface area contributed by atoms with E-state index in [1.54, 1.807) is 23.2 Å². The van der Waals surface area contributed by atoms with Crippen molar-refractivity contribution in [3.63, 3.8) is 0 Å². The second-order valence-electron chi connectivity index (χ2n) is 7.97. The largest absolute Gasteiger partial charge is 0.506 e. The van der Waals surface area contributed by atoms with Crippen molar-refractivity contribution in [2.24, 2.45) is 5.92 Å². The summed E-state index contributed by atoms with van der Waals surface area (Å²) in [6.07, 6.45) is 1.85. The molecule has 2 aromatic rings. The molecule has 27 heavy (non-hydrogen) atoms. The standard InChI is InChI=1S/C21H25N3O3/c1-21(2,3)15-7-8-18(25)17(11-15)23-20(27)14-10-19(26)24(12-14)13-16-6-4-5-9-22-16/h4-9,11,14,25H,10,12-13H2,1-3H3,(H,23,27)/t14-/m1/s1. The maximum Gasteiger partial charge on any atom is 0.229 e. The Hall–Kier alpha value is -2.89. The third-order valence-electron chi connectivity index (χ3n) is 4.78. The van der Waals surface area contributed by atoms with Crippen molar-refractivity contribution < 1.29 is 14.7 Å². The number of aromatic nitrogens is 1. The monoisotopic (exact) mass is 367 g/mol. The minimum Gasteiger partial charge on any atom is -0.506 e. The van der Waals surface area contributed by atoms with Crippen LogP contribution in [0.2, 0.25) is 0 Å². The molecule has 0 spiro atoms. The van der Waals surface area contributed by atoms with Crippen LogP contribution >= 0.6 is 0 Å². The van der Waals surface area contributed by atoms with Crippen LogP contribution in [0, 0.1) is 5.92 Å². The van der Waals surface area contributed by atoms with Crippen molar-refractivity contribution in [3.8, 4) is 5.75 Å². The molecule has 1 aliphatic rings. The summed E-state index contributed by atoms with van der Waals surface area (Å²) in [5, 5.41) is 12.9. The first kappa shape index (κ1) is 18.9. The molecule has 6 nitrogen and oxygen atoms in total. The average Bonchev–Trinajstić information content (AvgIpc) is 2.97. The van der Waals surface area contributed by atoms with Gasteiger partial charge in [0.15, 0.2) is 0 Å². The number of aromatic hydroxyl groups is 1. The molecule has 1 aromatic carbocycles. The summed E-state index contributed by atoms with van der Waals surface area (Å²) in [6, 6.07) is 10.8. The van der Waals surface area contributed by atoms with Gasteiger partial charge in [-0.05, 0) is 35.2 Å². The number of phenolic OH excluding ortho intramolecular Hbond substituents is 1. The Bertz CT molecular complexity index is 843. The highest BCUT2D eigenvalue weighted by Crippen LogP contribution is 2.31. The van der Waals surface area contributed by atoms with E-state index in [-0.39, 0.29) is 29.4 Å². The summed E-state index contributed by atoms with van der Waals surface area (Å²) in [4.78, 5) is 30.8. The molecule has 142 valence electrons. The molecule has 2 heterocycles. The van der Waals surface area contributed by atoms with E-state index in [2.05, 4.69) is 31.1 Å². The molecule has 3 rings (SSSR count). The highest BCUT2D eigenvalue weighted by atomic mass is 16.3. The highest BCUT2D eigenvalue weighted by molar-refractivity contribution is 5.98. The lowest BCUT2D eigenvalue weighted by atomic mass is 9.87. The third-order valence-corrected chi connectivity index (χ3v) is 4.78. The lowest BCUT2D eigenvalue weighted by Crippen LogP contribution is -2.28. The summed E-state index contributed by atoms with van der Waals surface area (Å²) >= 11 is 0. The molecule has 1 atom stereocenters. The first-order valence-corrected chi connectivity index (χ1v) is 9.06. The molecule has 0 bridgehead atoms. The summed E-state index contributed by atoms with van der Waals surface area (Å²) in [7, 11) is 0. The molecule has 1 aliphatic heterocycles. The number of carbonyl (C=O) groups excluding carboxylic acids is 2. The number of nitrogens with zero attached hydrogens (tertiary/aromatic N) is 2. The number of amides is 2. The summed E-state index contributed by atoms with van der Waals surface area (Å²) in [6.45, 7) is 6.94. The molecular weight excluding hydrogens is 342 g/mol. The first-order chi connectivity index (χ1) is 12.7. The molecule has 0 radical (unpaired) electrons. The van der Waals surface area contributed by atoms with Gasteiger partial charge in [0.1, 0.15) is 5.75 Å². The topological polar surface area (TPSA) is 82.5 Å². The number of benzene rings is 1. The summed E-state index contributed by atoms with van der Waals surface area (Å²) < 4.78 is 0. The second kappa shape index (κ2) is 7.39. The Labute approximate surface area is 159 Å². The maximum absolute atomic E-state index is 12.7. The SMILES string of the molecule is CC(C)(C)c1ccc(O)c(NC(=O)[C@@H]2CC(=O)N(Cc3ccccn3)C2)c1. The van der Waals surface area contributed by atoms with Crippen molar-refractivity contribution >= 4 is 17.5 Å². The van der Waals surface area contributed by atoms with E-state index >= 15 is 0 Å². The van der Waals surface area contributed by atoms with Crippen molar-refractivity contribution in [2.45, 2.75) is 39.2 Å². The number of anilines is 1. The van der Waals surface area contributed by atoms with Gasteiger partial charge >= 0.3 is 0 Å². The van der Waals surface area contributed by atoms with Crippen molar-refractivity contribution in [1.82, 2.24) is 9.88 Å². The van der Waals surface area contributed by atoms with Gasteiger partial charge in [-0.3, -0.25) is 14.6 Å². The number of pyridine rings is 1. The molecule has 2 amide bonds. The van der Waals surface area contributed by atoms with E-state index in [9.17, 15) is 14.7 Å². The van der Waals surface area contributed by atoms with Crippen molar-refractivity contribution in [1.29, 1.82) is 0 Å². The quantitative estimate of drug-likeness (QED) is 0.814. The van der Waals surface area contributed by atoms with Crippen LogP contribution < -0.4 is 5.32 Å². The number of hydrogen-bond donors (Lipinski definition) is 2. The molecule has 2 N–H and O–H groups in total. The summed E-state index contributed by atoms with van der Waals surface area (Å²) in [5.74, 6) is -0.744. The average molecular weight is 367 g/mol. The normalized spacial score (nSPS) is 17.2. The molecule has 0 aliphatic carbocycles. The van der Waals surface area contributed by atoms with Gasteiger partial charge in [0.25, 0.3) is 0 Å². The van der Waals surface area contributed by atoms with Gasteiger partial charge in [0.05, 0.1) is 23.8 Å². The number of likely N-dealkylation sites (tertiary alicyclic amines) is 1. The van der Waals surface area contributed by atoms with Gasteiger partial charge in [0, 0.05) is 19.2 Å². The van der Waals surface area contributed by atoms with E-state index in [0.717, 1.165) is 11.3 Å². The van der Waals surface area contributed by atoms with E-state index in [1.165, 1.54) is 0 Å². The van der Waals surface area contributed by atoms with Gasteiger partial charge in [0.2, 0.25) is 11.8 Å². The zero-order chi connectivity index (χ0) is 19.6. The van der Waals surface area contributed by atoms with E-state index in [1.807, 2.05) is 24.3 Å². The number of nitrogens with one attached hydrogen (secondary N) is 1. The fourth-order valence-corrected chi connectivity index (χ4v) is 3.13. The highest BCUT2D eigenvalue weighted by Gasteiger charge is 2.34. The molecule has 1 fully saturated rings. The van der Waals surface area contributed by atoms with E-state index in [4.69, 9.17) is 0 Å². The summed E-state index contributed by atoms with van der Waals surface area (Å²) in [5.41, 5.74) is 2.08. The molecule has 0 unspecified atom stereocenters. The minimum atomic E-state index is -0.445. The van der Waals surface area contributed by atoms with Crippen LogP contribution in [0.1, 0.15) is 38.4 Å². The first-order valence-electron chi connectivity index (χ1n) is 9.06. The van der Waals surface area contributed by atoms with Crippen molar-refractivity contribution in [3.05, 3.63) is 53.9 Å². The smallest absolute Gasteiger partial charge is 0.229 e. The van der Waals surface area contributed by atoms with Gasteiger partial charge in [-0.2, -0.15) is 0 Å². The Morgan fingerprint density at radius 1 is 1.30 bits per heavy atom. The molecule has 6 heteroatoms. The number of carbonyl (C=O) groups is 2. The zero-order valence-corrected chi connectivity index (χ0v) is 15.9. The number of hydrogen-bond acceptors (Lipinski definition) is 4. The van der Waals surface area contributed by atoms with Crippen LogP contribution in [0.5, 0.6) is 5.75 Å². The Balaban J connectivity index is 1.68. The van der Waals surface area contributed by atoms with Gasteiger partial charge in [-0.1, -0.05) is 32.9 Å². The van der Waals surface area contributed by atoms with Crippen LogP contribution in [0.15, 0.2) is 42.6 Å². The van der Waals surface area contributed by atoms with E-state index in [0.29, 0.717) is 18.8 Å². The fraction of sp³-hybridized carbons (Fsp3) is 0.381. The van der Waals surface area contributed by atoms with Crippen LogP contribution in [0.25, 0.3) is 0 Å². The second-order valence-corrected chi connectivity index (χ2v) is 7.97. The van der Waals surface area contributed by atoms with E-state index < -0.39 is 5.92 Å². The Morgan fingerprint density at radius 3 is 2.74 bits per heavy atom. The minimum absolute atomic E-state index is 0.0195. The molecular formula is C21H25N3O3. The Morgan fingerprint density at radius 2 is 2.07 bits per heavy atom. The lowest BCUT2D eigenvalue weighted by Gasteiger charge is -2.21. The van der Waals surface area contributed by atoms with Gasteiger partial charge in [-0.25, -0.2) is 0 Å². The number of rotatable bonds is 4. The third kappa shape index (κ3) is 4.45. The zero-order valence-electron chi connectivity index (χ0n) is 15.9. The molecule has 0 saturated carbocycles. The van der Waals surface area contributed by atoms with Crippen LogP contribution in [0.4, 0.5) is 5.69 Å².